The van der Waals surface area contributed by atoms with Crippen LogP contribution >= 0.6 is 11.3 Å². The molecule has 0 saturated carbocycles. The normalized spacial score (nSPS) is 15.0. The number of hydrogen-bond donors (Lipinski definition) is 0. The van der Waals surface area contributed by atoms with E-state index in [0.29, 0.717) is 42.4 Å². The molecule has 25 heavy (non-hydrogen) atoms. The number of nitrogens with zero attached hydrogens (tertiary/aromatic N) is 4. The first-order valence-corrected chi connectivity index (χ1v) is 8.95. The zero-order chi connectivity index (χ0) is 17.4. The van der Waals surface area contributed by atoms with Gasteiger partial charge in [-0.25, -0.2) is 14.4 Å². The van der Waals surface area contributed by atoms with Crippen molar-refractivity contribution < 1.29 is 9.18 Å². The highest BCUT2D eigenvalue weighted by Gasteiger charge is 2.26. The predicted octanol–water partition coefficient (Wildman–Crippen LogP) is 3.10. The Bertz CT molecular complexity index is 919. The molecule has 0 spiro atoms. The molecule has 0 N–H and O–H groups in total. The van der Waals surface area contributed by atoms with E-state index in [-0.39, 0.29) is 11.7 Å². The molecule has 1 amide bonds. The van der Waals surface area contributed by atoms with E-state index in [1.807, 2.05) is 17.9 Å². The molecular weight excluding hydrogens is 339 g/mol. The monoisotopic (exact) mass is 356 g/mol. The minimum absolute atomic E-state index is 0.0215. The number of hydrogen-bond acceptors (Lipinski definition) is 5. The average Bonchev–Trinajstić information content (AvgIpc) is 3.00. The Morgan fingerprint density at radius 1 is 1.12 bits per heavy atom. The van der Waals surface area contributed by atoms with Crippen LogP contribution in [-0.4, -0.2) is 47.0 Å². The van der Waals surface area contributed by atoms with E-state index in [4.69, 9.17) is 0 Å². The fourth-order valence-corrected chi connectivity index (χ4v) is 4.36. The topological polar surface area (TPSA) is 49.3 Å². The number of halogens is 1. The zero-order valence-corrected chi connectivity index (χ0v) is 14.6. The maximum atomic E-state index is 14.1. The van der Waals surface area contributed by atoms with E-state index in [1.54, 1.807) is 24.5 Å². The number of rotatable bonds is 2. The van der Waals surface area contributed by atoms with Gasteiger partial charge in [0, 0.05) is 48.7 Å². The van der Waals surface area contributed by atoms with Crippen molar-refractivity contribution in [2.75, 3.05) is 31.1 Å². The number of benzene rings is 1. The van der Waals surface area contributed by atoms with Gasteiger partial charge in [-0.15, -0.1) is 11.3 Å². The molecule has 0 bridgehead atoms. The van der Waals surface area contributed by atoms with Gasteiger partial charge in [0.05, 0.1) is 4.88 Å². The molecule has 1 fully saturated rings. The Labute approximate surface area is 148 Å². The fourth-order valence-electron chi connectivity index (χ4n) is 3.17. The molecule has 0 radical (unpaired) electrons. The number of aromatic nitrogens is 2. The Balaban J connectivity index is 1.53. The molecule has 3 aromatic rings. The van der Waals surface area contributed by atoms with Crippen molar-refractivity contribution in [1.29, 1.82) is 0 Å². The molecule has 3 heterocycles. The minimum Gasteiger partial charge on any atom is -0.337 e. The summed E-state index contributed by atoms with van der Waals surface area (Å²) in [5.41, 5.74) is 0.733. The predicted molar refractivity (Wildman–Crippen MR) is 96.7 cm³/mol. The van der Waals surface area contributed by atoms with Crippen molar-refractivity contribution >= 4 is 33.3 Å². The lowest BCUT2D eigenvalue weighted by atomic mass is 10.1. The summed E-state index contributed by atoms with van der Waals surface area (Å²) in [5, 5.41) is 0.562. The molecule has 1 saturated heterocycles. The lowest BCUT2D eigenvalue weighted by molar-refractivity contribution is 0.0750. The zero-order valence-electron chi connectivity index (χ0n) is 13.8. The van der Waals surface area contributed by atoms with E-state index in [2.05, 4.69) is 14.9 Å². The van der Waals surface area contributed by atoms with Crippen LogP contribution in [0.15, 0.2) is 36.7 Å². The summed E-state index contributed by atoms with van der Waals surface area (Å²) < 4.78 is 14.9. The lowest BCUT2D eigenvalue weighted by Gasteiger charge is -2.34. The summed E-state index contributed by atoms with van der Waals surface area (Å²) >= 11 is 1.37. The maximum Gasteiger partial charge on any atom is 0.264 e. The fraction of sp³-hybridized carbons (Fsp3) is 0.278. The summed E-state index contributed by atoms with van der Waals surface area (Å²) in [7, 11) is 0. The first-order chi connectivity index (χ1) is 12.1. The standard InChI is InChI=1S/C18H17FN4OS/c1-12-15-13(19)4-2-5-14(15)25-16(12)17(24)22-8-10-23(11-9-22)18-20-6-3-7-21-18/h2-7H,8-11H2,1H3. The molecule has 0 aliphatic carbocycles. The number of carbonyl (C=O) groups excluding carboxylic acids is 1. The van der Waals surface area contributed by atoms with Gasteiger partial charge in [-0.2, -0.15) is 0 Å². The first-order valence-electron chi connectivity index (χ1n) is 8.14. The Kier molecular flexibility index (Phi) is 4.09. The van der Waals surface area contributed by atoms with E-state index >= 15 is 0 Å². The van der Waals surface area contributed by atoms with Gasteiger partial charge in [0.2, 0.25) is 5.95 Å². The molecule has 5 nitrogen and oxygen atoms in total. The van der Waals surface area contributed by atoms with Crippen molar-refractivity contribution in [3.8, 4) is 0 Å². The van der Waals surface area contributed by atoms with Gasteiger partial charge >= 0.3 is 0 Å². The third-order valence-corrected chi connectivity index (χ3v) is 5.74. The summed E-state index contributed by atoms with van der Waals surface area (Å²) in [4.78, 5) is 25.9. The van der Waals surface area contributed by atoms with Gasteiger partial charge in [-0.1, -0.05) is 6.07 Å². The van der Waals surface area contributed by atoms with Gasteiger partial charge in [-0.05, 0) is 30.7 Å². The molecule has 1 aliphatic rings. The van der Waals surface area contributed by atoms with Crippen LogP contribution in [-0.2, 0) is 0 Å². The number of amides is 1. The average molecular weight is 356 g/mol. The van der Waals surface area contributed by atoms with Crippen molar-refractivity contribution in [1.82, 2.24) is 14.9 Å². The SMILES string of the molecule is Cc1c(C(=O)N2CCN(c3ncccn3)CC2)sc2cccc(F)c12. The van der Waals surface area contributed by atoms with Gasteiger partial charge < -0.3 is 9.80 Å². The van der Waals surface area contributed by atoms with Crippen LogP contribution in [0.2, 0.25) is 0 Å². The van der Waals surface area contributed by atoms with Gasteiger partial charge in [-0.3, -0.25) is 4.79 Å². The van der Waals surface area contributed by atoms with Crippen LogP contribution in [0.25, 0.3) is 10.1 Å². The van der Waals surface area contributed by atoms with Gasteiger partial charge in [0.15, 0.2) is 0 Å². The summed E-state index contributed by atoms with van der Waals surface area (Å²) in [6.07, 6.45) is 3.43. The number of aryl methyl sites for hydroxylation is 1. The quantitative estimate of drug-likeness (QED) is 0.708. The van der Waals surface area contributed by atoms with E-state index < -0.39 is 0 Å². The van der Waals surface area contributed by atoms with Crippen LogP contribution < -0.4 is 4.90 Å². The van der Waals surface area contributed by atoms with E-state index in [9.17, 15) is 9.18 Å². The van der Waals surface area contributed by atoms with Gasteiger partial charge in [0.25, 0.3) is 5.91 Å². The van der Waals surface area contributed by atoms with Crippen LogP contribution in [0.4, 0.5) is 10.3 Å². The first kappa shape index (κ1) is 16.0. The third-order valence-electron chi connectivity index (χ3n) is 4.50. The number of carbonyl (C=O) groups is 1. The molecular formula is C18H17FN4OS. The van der Waals surface area contributed by atoms with Crippen molar-refractivity contribution in [3.63, 3.8) is 0 Å². The summed E-state index contributed by atoms with van der Waals surface area (Å²) in [6, 6.07) is 6.76. The van der Waals surface area contributed by atoms with Crippen LogP contribution in [0.5, 0.6) is 0 Å². The van der Waals surface area contributed by atoms with E-state index in [0.717, 1.165) is 10.3 Å². The highest BCUT2D eigenvalue weighted by molar-refractivity contribution is 7.21. The highest BCUT2D eigenvalue weighted by atomic mass is 32.1. The van der Waals surface area contributed by atoms with Crippen LogP contribution in [0.1, 0.15) is 15.2 Å². The smallest absolute Gasteiger partial charge is 0.264 e. The number of anilines is 1. The molecule has 2 aromatic heterocycles. The molecule has 0 atom stereocenters. The number of thiophene rings is 1. The molecule has 1 aromatic carbocycles. The second kappa shape index (κ2) is 6.40. The van der Waals surface area contributed by atoms with Gasteiger partial charge in [0.1, 0.15) is 5.82 Å². The van der Waals surface area contributed by atoms with Crippen molar-refractivity contribution in [2.45, 2.75) is 6.92 Å². The Morgan fingerprint density at radius 3 is 2.52 bits per heavy atom. The summed E-state index contributed by atoms with van der Waals surface area (Å²) in [6.45, 7) is 4.41. The molecule has 128 valence electrons. The van der Waals surface area contributed by atoms with Crippen LogP contribution in [0, 0.1) is 12.7 Å². The second-order valence-corrected chi connectivity index (χ2v) is 7.05. The summed E-state index contributed by atoms with van der Waals surface area (Å²) in [5.74, 6) is 0.401. The molecule has 0 unspecified atom stereocenters. The second-order valence-electron chi connectivity index (χ2n) is 6.00. The highest BCUT2D eigenvalue weighted by Crippen LogP contribution is 2.33. The number of piperazine rings is 1. The van der Waals surface area contributed by atoms with Crippen LogP contribution in [0.3, 0.4) is 0 Å². The van der Waals surface area contributed by atoms with E-state index in [1.165, 1.54) is 17.4 Å². The minimum atomic E-state index is -0.267. The Hall–Kier alpha value is -2.54. The third kappa shape index (κ3) is 2.84. The molecule has 1 aliphatic heterocycles. The maximum absolute atomic E-state index is 14.1. The molecule has 7 heteroatoms. The lowest BCUT2D eigenvalue weighted by Crippen LogP contribution is -2.49. The largest absolute Gasteiger partial charge is 0.337 e. The van der Waals surface area contributed by atoms with Crippen molar-refractivity contribution in [2.24, 2.45) is 0 Å². The molecule has 4 rings (SSSR count). The Morgan fingerprint density at radius 2 is 1.84 bits per heavy atom. The number of fused-ring (bicyclic) bond motifs is 1. The van der Waals surface area contributed by atoms with Crippen molar-refractivity contribution in [3.05, 3.63) is 52.9 Å².